The summed E-state index contributed by atoms with van der Waals surface area (Å²) < 4.78 is 0.795. The number of halogens is 1. The van der Waals surface area contributed by atoms with E-state index in [0.29, 0.717) is 24.6 Å². The van der Waals surface area contributed by atoms with Crippen molar-refractivity contribution in [2.24, 2.45) is 9.98 Å². The van der Waals surface area contributed by atoms with E-state index in [4.69, 9.17) is 0 Å². The van der Waals surface area contributed by atoms with E-state index in [0.717, 1.165) is 47.5 Å². The predicted molar refractivity (Wildman–Crippen MR) is 151 cm³/mol. The molecule has 0 atom stereocenters. The molecule has 4 rings (SSSR count). The molecule has 0 saturated carbocycles. The highest BCUT2D eigenvalue weighted by molar-refractivity contribution is 9.10. The van der Waals surface area contributed by atoms with Crippen molar-refractivity contribution >= 4 is 45.5 Å². The molecule has 1 amide bonds. The second-order valence-corrected chi connectivity index (χ2v) is 9.48. The zero-order chi connectivity index (χ0) is 25.3. The molecular formula is C28H31BrN6O. The van der Waals surface area contributed by atoms with Crippen molar-refractivity contribution < 1.29 is 4.79 Å². The summed E-state index contributed by atoms with van der Waals surface area (Å²) in [6.07, 6.45) is 3.75. The number of carbonyl (C=O) groups excluding carboxylic acids is 1. The van der Waals surface area contributed by atoms with Crippen LogP contribution >= 0.6 is 15.9 Å². The van der Waals surface area contributed by atoms with Crippen molar-refractivity contribution in [3.63, 3.8) is 0 Å². The summed E-state index contributed by atoms with van der Waals surface area (Å²) in [7, 11) is 0. The van der Waals surface area contributed by atoms with Gasteiger partial charge in [0.1, 0.15) is 10.9 Å². The lowest BCUT2D eigenvalue weighted by Gasteiger charge is -2.25. The molecule has 8 heteroatoms. The van der Waals surface area contributed by atoms with E-state index in [1.807, 2.05) is 54.6 Å². The highest BCUT2D eigenvalue weighted by atomic mass is 79.9. The maximum Gasteiger partial charge on any atom is 0.255 e. The van der Waals surface area contributed by atoms with Crippen LogP contribution in [-0.4, -0.2) is 41.2 Å². The number of pyridine rings is 1. The molecule has 3 aromatic rings. The number of hydrogen-bond acceptors (Lipinski definition) is 6. The first-order valence-corrected chi connectivity index (χ1v) is 13.1. The Hall–Kier alpha value is -3.52. The molecule has 7 nitrogen and oxygen atoms in total. The number of guanidine groups is 1. The Morgan fingerprint density at radius 2 is 1.58 bits per heavy atom. The topological polar surface area (TPSA) is 73.2 Å². The SMILES string of the molecule is CCCN(CCC)c1ccc(NC(=O)c2ccc(CN(Cc3cccc(Br)n3)C3=NC=N3)cc2)cc1. The molecule has 0 spiro atoms. The number of anilines is 2. The molecule has 0 radical (unpaired) electrons. The Labute approximate surface area is 221 Å². The van der Waals surface area contributed by atoms with Gasteiger partial charge in [-0.05, 0) is 82.9 Å². The molecule has 0 saturated heterocycles. The van der Waals surface area contributed by atoms with Crippen LogP contribution in [-0.2, 0) is 13.1 Å². The number of benzene rings is 2. The average Bonchev–Trinajstić information content (AvgIpc) is 2.84. The standard InChI is InChI=1S/C28H31BrN6O/c1-3-16-34(17-4-2)25-14-12-23(13-15-25)33-27(36)22-10-8-21(9-11-22)18-35(28-30-20-31-28)19-24-6-5-7-26(29)32-24/h5-15,20H,3-4,16-19H2,1-2H3,(H,33,36). The minimum Gasteiger partial charge on any atom is -0.372 e. The van der Waals surface area contributed by atoms with Crippen LogP contribution in [0.2, 0.25) is 0 Å². The normalized spacial score (nSPS) is 12.0. The van der Waals surface area contributed by atoms with Crippen molar-refractivity contribution in [2.45, 2.75) is 39.8 Å². The van der Waals surface area contributed by atoms with Gasteiger partial charge < -0.3 is 15.1 Å². The number of carbonyl (C=O) groups is 1. The van der Waals surface area contributed by atoms with Gasteiger partial charge in [-0.25, -0.2) is 15.0 Å². The molecule has 36 heavy (non-hydrogen) atoms. The molecule has 0 unspecified atom stereocenters. The maximum atomic E-state index is 12.8. The van der Waals surface area contributed by atoms with Crippen molar-refractivity contribution in [1.29, 1.82) is 0 Å². The predicted octanol–water partition coefficient (Wildman–Crippen LogP) is 6.12. The molecule has 1 aliphatic rings. The molecule has 2 aromatic carbocycles. The summed E-state index contributed by atoms with van der Waals surface area (Å²) >= 11 is 3.42. The van der Waals surface area contributed by atoms with Crippen molar-refractivity contribution in [3.05, 3.63) is 88.2 Å². The van der Waals surface area contributed by atoms with E-state index in [1.165, 1.54) is 5.69 Å². The summed E-state index contributed by atoms with van der Waals surface area (Å²) in [5.74, 6) is 0.551. The van der Waals surface area contributed by atoms with Crippen LogP contribution in [0.5, 0.6) is 0 Å². The van der Waals surface area contributed by atoms with E-state index in [-0.39, 0.29) is 5.91 Å². The summed E-state index contributed by atoms with van der Waals surface area (Å²) in [5, 5.41) is 3.00. The number of aromatic nitrogens is 1. The van der Waals surface area contributed by atoms with Crippen LogP contribution in [0.4, 0.5) is 11.4 Å². The van der Waals surface area contributed by atoms with Gasteiger partial charge in [0.2, 0.25) is 5.96 Å². The van der Waals surface area contributed by atoms with Gasteiger partial charge in [0.05, 0.1) is 12.2 Å². The van der Waals surface area contributed by atoms with Crippen molar-refractivity contribution in [1.82, 2.24) is 9.88 Å². The van der Waals surface area contributed by atoms with Crippen LogP contribution < -0.4 is 10.2 Å². The summed E-state index contributed by atoms with van der Waals surface area (Å²) in [6.45, 7) is 7.64. The van der Waals surface area contributed by atoms with Crippen molar-refractivity contribution in [2.75, 3.05) is 23.3 Å². The molecule has 0 aliphatic carbocycles. The minimum absolute atomic E-state index is 0.128. The van der Waals surface area contributed by atoms with E-state index >= 15 is 0 Å². The number of amides is 1. The second kappa shape index (κ2) is 12.4. The molecule has 1 N–H and O–H groups in total. The fraction of sp³-hybridized carbons (Fsp3) is 0.286. The fourth-order valence-corrected chi connectivity index (χ4v) is 4.43. The third kappa shape index (κ3) is 6.79. The lowest BCUT2D eigenvalue weighted by molar-refractivity contribution is 0.102. The highest BCUT2D eigenvalue weighted by Crippen LogP contribution is 2.20. The third-order valence-corrected chi connectivity index (χ3v) is 6.26. The van der Waals surface area contributed by atoms with Gasteiger partial charge in [-0.2, -0.15) is 0 Å². The van der Waals surface area contributed by atoms with Gasteiger partial charge in [0.15, 0.2) is 0 Å². The Balaban J connectivity index is 1.37. The highest BCUT2D eigenvalue weighted by Gasteiger charge is 2.16. The van der Waals surface area contributed by atoms with Crippen LogP contribution in [0.15, 0.2) is 81.3 Å². The molecule has 2 heterocycles. The van der Waals surface area contributed by atoms with E-state index in [1.54, 1.807) is 6.34 Å². The van der Waals surface area contributed by atoms with Crippen LogP contribution in [0.3, 0.4) is 0 Å². The van der Waals surface area contributed by atoms with Crippen LogP contribution in [0.1, 0.15) is 48.3 Å². The maximum absolute atomic E-state index is 12.8. The molecule has 1 aliphatic heterocycles. The van der Waals surface area contributed by atoms with Crippen LogP contribution in [0, 0.1) is 0 Å². The van der Waals surface area contributed by atoms with E-state index in [9.17, 15) is 4.79 Å². The smallest absolute Gasteiger partial charge is 0.255 e. The average molecular weight is 548 g/mol. The van der Waals surface area contributed by atoms with Gasteiger partial charge in [0, 0.05) is 36.6 Å². The van der Waals surface area contributed by atoms with Gasteiger partial charge in [-0.3, -0.25) is 4.79 Å². The molecule has 1 aromatic heterocycles. The van der Waals surface area contributed by atoms with Crippen LogP contribution in [0.25, 0.3) is 0 Å². The number of nitrogens with one attached hydrogen (secondary N) is 1. The van der Waals surface area contributed by atoms with Gasteiger partial charge in [-0.15, -0.1) is 0 Å². The van der Waals surface area contributed by atoms with Gasteiger partial charge >= 0.3 is 0 Å². The fourth-order valence-electron chi connectivity index (χ4n) is 4.05. The molecule has 0 fully saturated rings. The second-order valence-electron chi connectivity index (χ2n) is 8.67. The number of nitrogens with zero attached hydrogens (tertiary/aromatic N) is 5. The monoisotopic (exact) mass is 546 g/mol. The molecule has 186 valence electrons. The lowest BCUT2D eigenvalue weighted by atomic mass is 10.1. The summed E-state index contributed by atoms with van der Waals surface area (Å²) in [6, 6.07) is 21.6. The Morgan fingerprint density at radius 1 is 0.889 bits per heavy atom. The quantitative estimate of drug-likeness (QED) is 0.294. The summed E-state index contributed by atoms with van der Waals surface area (Å²) in [5.41, 5.74) is 4.56. The summed E-state index contributed by atoms with van der Waals surface area (Å²) in [4.78, 5) is 30.3. The lowest BCUT2D eigenvalue weighted by Crippen LogP contribution is -2.32. The Bertz CT molecular complexity index is 1220. The zero-order valence-corrected chi connectivity index (χ0v) is 22.3. The largest absolute Gasteiger partial charge is 0.372 e. The number of hydrogen-bond donors (Lipinski definition) is 1. The Kier molecular flexibility index (Phi) is 8.84. The minimum atomic E-state index is -0.128. The number of aliphatic imine (C=N–C) groups is 2. The van der Waals surface area contributed by atoms with Crippen molar-refractivity contribution in [3.8, 4) is 0 Å². The third-order valence-electron chi connectivity index (χ3n) is 5.82. The first-order valence-electron chi connectivity index (χ1n) is 12.3. The Morgan fingerprint density at radius 3 is 2.17 bits per heavy atom. The molecule has 0 bridgehead atoms. The molecular weight excluding hydrogens is 516 g/mol. The first kappa shape index (κ1) is 25.6. The number of rotatable bonds is 11. The van der Waals surface area contributed by atoms with Gasteiger partial charge in [0.25, 0.3) is 5.91 Å². The van der Waals surface area contributed by atoms with E-state index < -0.39 is 0 Å². The first-order chi connectivity index (χ1) is 17.6. The van der Waals surface area contributed by atoms with Gasteiger partial charge in [-0.1, -0.05) is 32.0 Å². The van der Waals surface area contributed by atoms with E-state index in [2.05, 4.69) is 72.0 Å². The zero-order valence-electron chi connectivity index (χ0n) is 20.7.